The molecule has 0 aromatic heterocycles. The Morgan fingerprint density at radius 3 is 2.52 bits per heavy atom. The fraction of sp³-hybridized carbons (Fsp3) is 0.846. The number of hydrogen-bond acceptors (Lipinski definition) is 2. The molecule has 162 valence electrons. The lowest BCUT2D eigenvalue weighted by Gasteiger charge is -2.60. The van der Waals surface area contributed by atoms with Gasteiger partial charge in [0.1, 0.15) is 0 Å². The van der Waals surface area contributed by atoms with Gasteiger partial charge in [-0.25, -0.2) is 0 Å². The maximum atomic E-state index is 13.8. The molecule has 1 N–H and O–H groups in total. The van der Waals surface area contributed by atoms with E-state index in [0.717, 1.165) is 18.4 Å². The van der Waals surface area contributed by atoms with Gasteiger partial charge in [0, 0.05) is 12.3 Å². The first kappa shape index (κ1) is 21.1. The predicted molar refractivity (Wildman–Crippen MR) is 115 cm³/mol. The van der Waals surface area contributed by atoms with Gasteiger partial charge in [-0.2, -0.15) is 0 Å². The van der Waals surface area contributed by atoms with Crippen LogP contribution in [0.4, 0.5) is 0 Å². The molecule has 0 radical (unpaired) electrons. The van der Waals surface area contributed by atoms with Crippen LogP contribution in [0.3, 0.4) is 0 Å². The Kier molecular flexibility index (Phi) is 5.49. The van der Waals surface area contributed by atoms with Gasteiger partial charge in [0.15, 0.2) is 5.78 Å². The average Bonchev–Trinajstić information content (AvgIpc) is 3.04. The number of fused-ring (bicyclic) bond motifs is 5. The number of ketones is 1. The Hall–Kier alpha value is -1.12. The molecule has 0 saturated heterocycles. The summed E-state index contributed by atoms with van der Waals surface area (Å²) < 4.78 is 0. The Morgan fingerprint density at radius 2 is 1.83 bits per heavy atom. The third-order valence-electron chi connectivity index (χ3n) is 10.2. The number of allylic oxidation sites excluding steroid dienone is 2. The van der Waals surface area contributed by atoms with Crippen molar-refractivity contribution >= 4 is 11.8 Å². The molecular weight excluding hydrogens is 360 g/mol. The molecule has 7 unspecified atom stereocenters. The highest BCUT2D eigenvalue weighted by atomic mass is 16.4. The largest absolute Gasteiger partial charge is 0.481 e. The lowest BCUT2D eigenvalue weighted by molar-refractivity contribution is -0.146. The van der Waals surface area contributed by atoms with Crippen LogP contribution in [0.5, 0.6) is 0 Å². The second-order valence-electron chi connectivity index (χ2n) is 11.3. The van der Waals surface area contributed by atoms with Crippen LogP contribution in [-0.2, 0) is 9.59 Å². The van der Waals surface area contributed by atoms with Gasteiger partial charge in [0.05, 0.1) is 0 Å². The Bertz CT molecular complexity index is 709. The smallest absolute Gasteiger partial charge is 0.303 e. The summed E-state index contributed by atoms with van der Waals surface area (Å²) in [5.74, 6) is 2.51. The molecule has 0 spiro atoms. The molecule has 4 rings (SSSR count). The molecule has 4 aliphatic rings. The van der Waals surface area contributed by atoms with Crippen LogP contribution in [0.15, 0.2) is 11.6 Å². The van der Waals surface area contributed by atoms with Crippen LogP contribution in [-0.4, -0.2) is 16.9 Å². The first-order chi connectivity index (χ1) is 13.7. The summed E-state index contributed by atoms with van der Waals surface area (Å²) in [5.41, 5.74) is 1.65. The molecular formula is C26H40O3. The lowest BCUT2D eigenvalue weighted by atomic mass is 9.43. The number of Topliss-reactive ketones (excluding diaryl/α,β-unsaturated/α-hetero) is 1. The highest BCUT2D eigenvalue weighted by Crippen LogP contribution is 2.68. The highest BCUT2D eigenvalue weighted by molar-refractivity contribution is 5.99. The molecule has 29 heavy (non-hydrogen) atoms. The van der Waals surface area contributed by atoms with E-state index in [4.69, 9.17) is 5.11 Å². The maximum absolute atomic E-state index is 13.8. The van der Waals surface area contributed by atoms with Crippen molar-refractivity contribution in [1.82, 2.24) is 0 Å². The summed E-state index contributed by atoms with van der Waals surface area (Å²) in [4.78, 5) is 24.9. The Labute approximate surface area is 176 Å². The molecule has 0 heterocycles. The average molecular weight is 401 g/mol. The van der Waals surface area contributed by atoms with Gasteiger partial charge in [-0.15, -0.1) is 0 Å². The minimum Gasteiger partial charge on any atom is -0.481 e. The first-order valence-electron chi connectivity index (χ1n) is 12.2. The van der Waals surface area contributed by atoms with E-state index in [1.165, 1.54) is 44.9 Å². The zero-order chi connectivity index (χ0) is 21.0. The van der Waals surface area contributed by atoms with Crippen molar-refractivity contribution < 1.29 is 14.7 Å². The summed E-state index contributed by atoms with van der Waals surface area (Å²) in [6, 6.07) is 0. The van der Waals surface area contributed by atoms with Gasteiger partial charge in [-0.05, 0) is 97.9 Å². The molecule has 4 aliphatic carbocycles. The minimum atomic E-state index is -0.684. The SMILES string of the molecule is C/C=C1/C(=O)C2C(CCC3(C)C2CCC3[C@H](C)CCC(=O)O)C2(C)CCCCC12. The van der Waals surface area contributed by atoms with Gasteiger partial charge in [-0.1, -0.05) is 39.7 Å². The van der Waals surface area contributed by atoms with Crippen molar-refractivity contribution in [2.75, 3.05) is 0 Å². The fourth-order valence-corrected chi connectivity index (χ4v) is 8.79. The number of carbonyl (C=O) groups excluding carboxylic acids is 1. The van der Waals surface area contributed by atoms with E-state index in [9.17, 15) is 9.59 Å². The molecule has 3 nitrogen and oxygen atoms in total. The summed E-state index contributed by atoms with van der Waals surface area (Å²) in [6.07, 6.45) is 13.0. The quantitative estimate of drug-likeness (QED) is 0.566. The van der Waals surface area contributed by atoms with Crippen molar-refractivity contribution in [3.05, 3.63) is 11.6 Å². The summed E-state index contributed by atoms with van der Waals surface area (Å²) in [7, 11) is 0. The molecule has 8 atom stereocenters. The predicted octanol–water partition coefficient (Wildman–Crippen LogP) is 6.27. The van der Waals surface area contributed by atoms with Gasteiger partial charge in [0.25, 0.3) is 0 Å². The second-order valence-corrected chi connectivity index (χ2v) is 11.3. The summed E-state index contributed by atoms with van der Waals surface area (Å²) in [6.45, 7) is 9.29. The van der Waals surface area contributed by atoms with Gasteiger partial charge >= 0.3 is 5.97 Å². The topological polar surface area (TPSA) is 54.4 Å². The van der Waals surface area contributed by atoms with Crippen molar-refractivity contribution in [2.24, 2.45) is 46.3 Å². The van der Waals surface area contributed by atoms with Crippen LogP contribution in [0, 0.1) is 46.3 Å². The Balaban J connectivity index is 1.64. The zero-order valence-corrected chi connectivity index (χ0v) is 18.9. The summed E-state index contributed by atoms with van der Waals surface area (Å²) >= 11 is 0. The Morgan fingerprint density at radius 1 is 1.10 bits per heavy atom. The van der Waals surface area contributed by atoms with Crippen molar-refractivity contribution in [1.29, 1.82) is 0 Å². The molecule has 0 aromatic rings. The molecule has 4 saturated carbocycles. The normalized spacial score (nSPS) is 46.7. The van der Waals surface area contributed by atoms with E-state index in [1.807, 2.05) is 0 Å². The molecule has 0 bridgehead atoms. The number of carboxylic acids is 1. The maximum Gasteiger partial charge on any atom is 0.303 e. The van der Waals surface area contributed by atoms with Crippen LogP contribution in [0.25, 0.3) is 0 Å². The van der Waals surface area contributed by atoms with E-state index in [0.29, 0.717) is 40.8 Å². The molecule has 0 aliphatic heterocycles. The van der Waals surface area contributed by atoms with Crippen molar-refractivity contribution in [2.45, 2.75) is 91.9 Å². The number of aliphatic carboxylic acids is 1. The van der Waals surface area contributed by atoms with Crippen LogP contribution in [0.1, 0.15) is 91.9 Å². The van der Waals surface area contributed by atoms with E-state index < -0.39 is 5.97 Å². The summed E-state index contributed by atoms with van der Waals surface area (Å²) in [5, 5.41) is 9.13. The zero-order valence-electron chi connectivity index (χ0n) is 18.9. The van der Waals surface area contributed by atoms with Crippen molar-refractivity contribution in [3.63, 3.8) is 0 Å². The number of carboxylic acid groups (broad SMARTS) is 1. The standard InChI is InChI=1S/C26H40O3/c1-5-17-19-8-6-7-14-25(19,3)21-13-15-26(4)18(16(2)9-12-22(27)28)10-11-20(26)23(21)24(17)29/h5,16,18-21,23H,6-15H2,1-4H3,(H,27,28)/b17-5+/t16-,18?,19?,20?,21?,23?,25?,26?/m1/s1. The van der Waals surface area contributed by atoms with Gasteiger partial charge in [0.2, 0.25) is 0 Å². The molecule has 0 aromatic carbocycles. The van der Waals surface area contributed by atoms with E-state index in [1.54, 1.807) is 0 Å². The van der Waals surface area contributed by atoms with Crippen LogP contribution >= 0.6 is 0 Å². The van der Waals surface area contributed by atoms with Crippen LogP contribution in [0.2, 0.25) is 0 Å². The number of rotatable bonds is 4. The second kappa shape index (κ2) is 7.54. The molecule has 3 heteroatoms. The van der Waals surface area contributed by atoms with E-state index in [-0.39, 0.29) is 17.8 Å². The minimum absolute atomic E-state index is 0.200. The number of carbonyl (C=O) groups is 2. The third kappa shape index (κ3) is 3.13. The van der Waals surface area contributed by atoms with Gasteiger partial charge in [-0.3, -0.25) is 9.59 Å². The van der Waals surface area contributed by atoms with E-state index in [2.05, 4.69) is 33.8 Å². The fourth-order valence-electron chi connectivity index (χ4n) is 8.79. The monoisotopic (exact) mass is 400 g/mol. The van der Waals surface area contributed by atoms with E-state index >= 15 is 0 Å². The molecule has 0 amide bonds. The lowest BCUT2D eigenvalue weighted by Crippen LogP contribution is -2.57. The number of hydrogen-bond donors (Lipinski definition) is 1. The first-order valence-corrected chi connectivity index (χ1v) is 12.2. The third-order valence-corrected chi connectivity index (χ3v) is 10.2. The highest BCUT2D eigenvalue weighted by Gasteiger charge is 2.63. The van der Waals surface area contributed by atoms with Gasteiger partial charge < -0.3 is 5.11 Å². The van der Waals surface area contributed by atoms with Crippen molar-refractivity contribution in [3.8, 4) is 0 Å². The van der Waals surface area contributed by atoms with Crippen LogP contribution < -0.4 is 0 Å². The molecule has 4 fully saturated rings.